The average Bonchev–Trinajstić information content (AvgIpc) is 2.46. The number of aryl methyl sites for hydroxylation is 2. The van der Waals surface area contributed by atoms with Crippen LogP contribution >= 0.6 is 0 Å². The van der Waals surface area contributed by atoms with Gasteiger partial charge in [-0.2, -0.15) is 0 Å². The zero-order valence-corrected chi connectivity index (χ0v) is 12.0. The van der Waals surface area contributed by atoms with Crippen LogP contribution in [0.1, 0.15) is 23.2 Å². The van der Waals surface area contributed by atoms with Crippen LogP contribution in [0.3, 0.4) is 0 Å². The van der Waals surface area contributed by atoms with Crippen molar-refractivity contribution in [1.29, 1.82) is 0 Å². The summed E-state index contributed by atoms with van der Waals surface area (Å²) in [4.78, 5) is 4.27. The Bertz CT molecular complexity index is 540. The van der Waals surface area contributed by atoms with Gasteiger partial charge in [-0.1, -0.05) is 23.8 Å². The van der Waals surface area contributed by atoms with Gasteiger partial charge < -0.3 is 9.84 Å². The lowest BCUT2D eigenvalue weighted by Gasteiger charge is -2.14. The Morgan fingerprint density at radius 1 is 1.25 bits per heavy atom. The molecule has 2 rings (SSSR count). The van der Waals surface area contributed by atoms with Crippen molar-refractivity contribution >= 4 is 0 Å². The molecule has 1 atom stereocenters. The maximum absolute atomic E-state index is 10.2. The first-order valence-electron chi connectivity index (χ1n) is 6.90. The van der Waals surface area contributed by atoms with E-state index in [1.807, 2.05) is 37.3 Å². The third-order valence-corrected chi connectivity index (χ3v) is 3.35. The van der Waals surface area contributed by atoms with E-state index in [1.54, 1.807) is 13.3 Å². The second-order valence-corrected chi connectivity index (χ2v) is 5.03. The highest BCUT2D eigenvalue weighted by molar-refractivity contribution is 5.37. The molecule has 0 aliphatic rings. The standard InChI is InChI=1S/C17H21NO2/c1-13-6-9-17(20-2)14(11-13)12-16(19)8-7-15-5-3-4-10-18-15/h3-6,9-11,16,19H,7-8,12H2,1-2H3. The number of aliphatic hydroxyl groups is 1. The Kier molecular flexibility index (Phi) is 5.13. The predicted octanol–water partition coefficient (Wildman–Crippen LogP) is 2.93. The number of pyridine rings is 1. The number of methoxy groups -OCH3 is 1. The minimum absolute atomic E-state index is 0.382. The second kappa shape index (κ2) is 7.06. The lowest BCUT2D eigenvalue weighted by Crippen LogP contribution is -2.13. The van der Waals surface area contributed by atoms with Crippen molar-refractivity contribution < 1.29 is 9.84 Å². The Morgan fingerprint density at radius 3 is 2.80 bits per heavy atom. The number of aliphatic hydroxyl groups excluding tert-OH is 1. The van der Waals surface area contributed by atoms with Gasteiger partial charge >= 0.3 is 0 Å². The average molecular weight is 271 g/mol. The summed E-state index contributed by atoms with van der Waals surface area (Å²) < 4.78 is 5.34. The lowest BCUT2D eigenvalue weighted by molar-refractivity contribution is 0.163. The van der Waals surface area contributed by atoms with Crippen molar-refractivity contribution in [2.75, 3.05) is 7.11 Å². The number of nitrogens with zero attached hydrogens (tertiary/aromatic N) is 1. The van der Waals surface area contributed by atoms with Crippen LogP contribution in [0.15, 0.2) is 42.6 Å². The van der Waals surface area contributed by atoms with Gasteiger partial charge in [0.1, 0.15) is 5.75 Å². The molecule has 0 bridgehead atoms. The molecule has 1 heterocycles. The fourth-order valence-electron chi connectivity index (χ4n) is 2.28. The predicted molar refractivity (Wildman–Crippen MR) is 80.0 cm³/mol. The van der Waals surface area contributed by atoms with Crippen LogP contribution in [-0.2, 0) is 12.8 Å². The molecule has 0 saturated heterocycles. The van der Waals surface area contributed by atoms with Crippen LogP contribution in [0.25, 0.3) is 0 Å². The SMILES string of the molecule is COc1ccc(C)cc1CC(O)CCc1ccccn1. The fourth-order valence-corrected chi connectivity index (χ4v) is 2.28. The quantitative estimate of drug-likeness (QED) is 0.878. The number of rotatable bonds is 6. The molecule has 0 fully saturated rings. The van der Waals surface area contributed by atoms with E-state index in [2.05, 4.69) is 11.1 Å². The van der Waals surface area contributed by atoms with Crippen molar-refractivity contribution in [2.24, 2.45) is 0 Å². The van der Waals surface area contributed by atoms with Crippen molar-refractivity contribution in [3.63, 3.8) is 0 Å². The van der Waals surface area contributed by atoms with Gasteiger partial charge in [0.25, 0.3) is 0 Å². The third kappa shape index (κ3) is 4.07. The molecule has 0 aliphatic heterocycles. The molecule has 0 radical (unpaired) electrons. The molecule has 0 spiro atoms. The summed E-state index contributed by atoms with van der Waals surface area (Å²) in [6, 6.07) is 11.9. The molecule has 3 nitrogen and oxygen atoms in total. The molecule has 1 aromatic heterocycles. The summed E-state index contributed by atoms with van der Waals surface area (Å²) >= 11 is 0. The van der Waals surface area contributed by atoms with Gasteiger partial charge in [-0.15, -0.1) is 0 Å². The maximum atomic E-state index is 10.2. The van der Waals surface area contributed by atoms with E-state index in [-0.39, 0.29) is 6.10 Å². The van der Waals surface area contributed by atoms with Gasteiger partial charge in [0.05, 0.1) is 13.2 Å². The van der Waals surface area contributed by atoms with Gasteiger partial charge in [0, 0.05) is 18.3 Å². The molecule has 0 aliphatic carbocycles. The molecule has 0 amide bonds. The van der Waals surface area contributed by atoms with Gasteiger partial charge in [-0.3, -0.25) is 4.98 Å². The van der Waals surface area contributed by atoms with Crippen molar-refractivity contribution in [1.82, 2.24) is 4.98 Å². The number of hydrogen-bond acceptors (Lipinski definition) is 3. The smallest absolute Gasteiger partial charge is 0.122 e. The van der Waals surface area contributed by atoms with Gasteiger partial charge in [0.2, 0.25) is 0 Å². The van der Waals surface area contributed by atoms with Crippen LogP contribution in [0.2, 0.25) is 0 Å². The van der Waals surface area contributed by atoms with Crippen LogP contribution in [0.4, 0.5) is 0 Å². The zero-order chi connectivity index (χ0) is 14.4. The maximum Gasteiger partial charge on any atom is 0.122 e. The molecule has 0 saturated carbocycles. The van der Waals surface area contributed by atoms with E-state index in [4.69, 9.17) is 4.74 Å². The van der Waals surface area contributed by atoms with Crippen LogP contribution in [0.5, 0.6) is 5.75 Å². The van der Waals surface area contributed by atoms with E-state index in [0.29, 0.717) is 12.8 Å². The van der Waals surface area contributed by atoms with Crippen LogP contribution in [0, 0.1) is 6.92 Å². The molecular formula is C17H21NO2. The van der Waals surface area contributed by atoms with E-state index < -0.39 is 0 Å². The fraction of sp³-hybridized carbons (Fsp3) is 0.353. The van der Waals surface area contributed by atoms with Gasteiger partial charge in [-0.25, -0.2) is 0 Å². The molecule has 1 N–H and O–H groups in total. The molecule has 3 heteroatoms. The topological polar surface area (TPSA) is 42.4 Å². The van der Waals surface area contributed by atoms with Crippen LogP contribution in [-0.4, -0.2) is 23.3 Å². The van der Waals surface area contributed by atoms with Crippen molar-refractivity contribution in [2.45, 2.75) is 32.3 Å². The monoisotopic (exact) mass is 271 g/mol. The summed E-state index contributed by atoms with van der Waals surface area (Å²) in [5, 5.41) is 10.2. The van der Waals surface area contributed by atoms with E-state index in [9.17, 15) is 5.11 Å². The first kappa shape index (κ1) is 14.5. The summed E-state index contributed by atoms with van der Waals surface area (Å²) in [5.41, 5.74) is 3.25. The summed E-state index contributed by atoms with van der Waals surface area (Å²) in [7, 11) is 1.66. The normalized spacial score (nSPS) is 12.2. The van der Waals surface area contributed by atoms with Crippen molar-refractivity contribution in [3.8, 4) is 5.75 Å². The summed E-state index contributed by atoms with van der Waals surface area (Å²) in [6.07, 6.45) is 3.50. The highest BCUT2D eigenvalue weighted by Gasteiger charge is 2.10. The number of aromatic nitrogens is 1. The third-order valence-electron chi connectivity index (χ3n) is 3.35. The second-order valence-electron chi connectivity index (χ2n) is 5.03. The number of hydrogen-bond donors (Lipinski definition) is 1. The highest BCUT2D eigenvalue weighted by Crippen LogP contribution is 2.22. The largest absolute Gasteiger partial charge is 0.496 e. The number of ether oxygens (including phenoxy) is 1. The van der Waals surface area contributed by atoms with Gasteiger partial charge in [-0.05, 0) is 43.5 Å². The van der Waals surface area contributed by atoms with Gasteiger partial charge in [0.15, 0.2) is 0 Å². The summed E-state index contributed by atoms with van der Waals surface area (Å²) in [6.45, 7) is 2.04. The Balaban J connectivity index is 1.94. The van der Waals surface area contributed by atoms with E-state index in [0.717, 1.165) is 23.4 Å². The first-order valence-corrected chi connectivity index (χ1v) is 6.90. The molecule has 20 heavy (non-hydrogen) atoms. The van der Waals surface area contributed by atoms with E-state index >= 15 is 0 Å². The first-order chi connectivity index (χ1) is 9.69. The van der Waals surface area contributed by atoms with Crippen molar-refractivity contribution in [3.05, 3.63) is 59.4 Å². The Hall–Kier alpha value is -1.87. The number of benzene rings is 1. The van der Waals surface area contributed by atoms with E-state index in [1.165, 1.54) is 5.56 Å². The summed E-state index contributed by atoms with van der Waals surface area (Å²) in [5.74, 6) is 0.840. The Labute approximate surface area is 120 Å². The minimum atomic E-state index is -0.382. The molecule has 2 aromatic rings. The minimum Gasteiger partial charge on any atom is -0.496 e. The lowest BCUT2D eigenvalue weighted by atomic mass is 10.0. The molecule has 1 unspecified atom stereocenters. The Morgan fingerprint density at radius 2 is 2.10 bits per heavy atom. The van der Waals surface area contributed by atoms with Crippen LogP contribution < -0.4 is 4.74 Å². The molecular weight excluding hydrogens is 250 g/mol. The molecule has 1 aromatic carbocycles. The molecule has 106 valence electrons. The highest BCUT2D eigenvalue weighted by atomic mass is 16.5. The zero-order valence-electron chi connectivity index (χ0n) is 12.0.